The van der Waals surface area contributed by atoms with Crippen LogP contribution in [0.25, 0.3) is 0 Å². The number of amides is 1. The molecule has 17 heavy (non-hydrogen) atoms. The summed E-state index contributed by atoms with van der Waals surface area (Å²) in [6, 6.07) is 0.304. The van der Waals surface area contributed by atoms with Gasteiger partial charge in [-0.15, -0.1) is 5.10 Å². The Bertz CT molecular complexity index is 348. The minimum atomic E-state index is 0.0225. The van der Waals surface area contributed by atoms with Gasteiger partial charge < -0.3 is 10.2 Å². The van der Waals surface area contributed by atoms with Gasteiger partial charge in [-0.1, -0.05) is 11.4 Å². The zero-order valence-electron chi connectivity index (χ0n) is 10.1. The average molecular weight is 254 g/mol. The van der Waals surface area contributed by atoms with E-state index in [9.17, 15) is 4.79 Å². The highest BCUT2D eigenvalue weighted by molar-refractivity contribution is 7.03. The average Bonchev–Trinajstić information content (AvgIpc) is 2.90. The molecule has 0 radical (unpaired) electrons. The molecule has 94 valence electrons. The molecule has 0 saturated carbocycles. The summed E-state index contributed by atoms with van der Waals surface area (Å²) in [6.07, 6.45) is 3.18. The zero-order chi connectivity index (χ0) is 12.1. The van der Waals surface area contributed by atoms with E-state index >= 15 is 0 Å². The second-order valence-electron chi connectivity index (χ2n) is 4.29. The first-order chi connectivity index (χ1) is 8.33. The van der Waals surface area contributed by atoms with Crippen LogP contribution in [0.1, 0.15) is 36.7 Å². The van der Waals surface area contributed by atoms with Crippen molar-refractivity contribution in [2.45, 2.75) is 32.2 Å². The van der Waals surface area contributed by atoms with Crippen molar-refractivity contribution in [3.63, 3.8) is 0 Å². The van der Waals surface area contributed by atoms with Gasteiger partial charge in [-0.25, -0.2) is 0 Å². The molecule has 1 saturated heterocycles. The molecule has 0 bridgehead atoms. The van der Waals surface area contributed by atoms with E-state index in [1.54, 1.807) is 5.38 Å². The SMILES string of the molecule is CCCN(C(=O)c1csnn1)C1CCCNC1. The van der Waals surface area contributed by atoms with Crippen LogP contribution >= 0.6 is 11.5 Å². The number of nitrogens with zero attached hydrogens (tertiary/aromatic N) is 3. The van der Waals surface area contributed by atoms with Crippen LogP contribution in [0.3, 0.4) is 0 Å². The predicted octanol–water partition coefficient (Wildman–Crippen LogP) is 1.14. The molecular formula is C11H18N4OS. The molecule has 2 heterocycles. The van der Waals surface area contributed by atoms with E-state index in [0.717, 1.165) is 38.9 Å². The van der Waals surface area contributed by atoms with Crippen molar-refractivity contribution in [1.82, 2.24) is 19.8 Å². The topological polar surface area (TPSA) is 58.1 Å². The largest absolute Gasteiger partial charge is 0.333 e. The Balaban J connectivity index is 2.07. The number of carbonyl (C=O) groups excluding carboxylic acids is 1. The molecule has 1 aliphatic rings. The maximum absolute atomic E-state index is 12.3. The van der Waals surface area contributed by atoms with Gasteiger partial charge in [0.2, 0.25) is 0 Å². The summed E-state index contributed by atoms with van der Waals surface area (Å²) in [4.78, 5) is 14.2. The number of hydrogen-bond acceptors (Lipinski definition) is 5. The number of nitrogens with one attached hydrogen (secondary N) is 1. The first-order valence-electron chi connectivity index (χ1n) is 6.11. The molecule has 1 aliphatic heterocycles. The molecule has 1 aromatic rings. The molecular weight excluding hydrogens is 236 g/mol. The van der Waals surface area contributed by atoms with Crippen LogP contribution in [0, 0.1) is 0 Å². The lowest BCUT2D eigenvalue weighted by Gasteiger charge is -2.34. The fourth-order valence-corrected chi connectivity index (χ4v) is 2.63. The van der Waals surface area contributed by atoms with Crippen molar-refractivity contribution in [3.8, 4) is 0 Å². The molecule has 5 nitrogen and oxygen atoms in total. The highest BCUT2D eigenvalue weighted by Gasteiger charge is 2.26. The predicted molar refractivity (Wildman–Crippen MR) is 67.1 cm³/mol. The van der Waals surface area contributed by atoms with E-state index in [1.165, 1.54) is 11.5 Å². The molecule has 0 aromatic carbocycles. The molecule has 2 rings (SSSR count). The summed E-state index contributed by atoms with van der Waals surface area (Å²) in [5.41, 5.74) is 0.481. The number of piperidine rings is 1. The quantitative estimate of drug-likeness (QED) is 0.875. The van der Waals surface area contributed by atoms with E-state index in [4.69, 9.17) is 0 Å². The third-order valence-corrected chi connectivity index (χ3v) is 3.52. The number of aromatic nitrogens is 2. The molecule has 1 N–H and O–H groups in total. The Hall–Kier alpha value is -1.01. The highest BCUT2D eigenvalue weighted by atomic mass is 32.1. The summed E-state index contributed by atoms with van der Waals surface area (Å²) < 4.78 is 3.76. The van der Waals surface area contributed by atoms with E-state index in [1.807, 2.05) is 4.90 Å². The third kappa shape index (κ3) is 3.01. The first-order valence-corrected chi connectivity index (χ1v) is 6.95. The van der Waals surface area contributed by atoms with Gasteiger partial charge >= 0.3 is 0 Å². The summed E-state index contributed by atoms with van der Waals surface area (Å²) in [5.74, 6) is 0.0225. The van der Waals surface area contributed by atoms with Gasteiger partial charge in [0, 0.05) is 24.5 Å². The Kier molecular flexibility index (Phi) is 4.44. The first kappa shape index (κ1) is 12.4. The monoisotopic (exact) mass is 254 g/mol. The fraction of sp³-hybridized carbons (Fsp3) is 0.727. The second kappa shape index (κ2) is 6.07. The van der Waals surface area contributed by atoms with Crippen molar-refractivity contribution in [1.29, 1.82) is 0 Å². The van der Waals surface area contributed by atoms with Crippen LogP contribution in [0.15, 0.2) is 5.38 Å². The molecule has 1 amide bonds. The van der Waals surface area contributed by atoms with E-state index in [0.29, 0.717) is 11.7 Å². The Morgan fingerprint density at radius 2 is 2.59 bits per heavy atom. The minimum absolute atomic E-state index is 0.0225. The van der Waals surface area contributed by atoms with Crippen LogP contribution in [0.4, 0.5) is 0 Å². The number of rotatable bonds is 4. The normalized spacial score (nSPS) is 20.2. The maximum Gasteiger partial charge on any atom is 0.275 e. The van der Waals surface area contributed by atoms with Crippen LogP contribution < -0.4 is 5.32 Å². The van der Waals surface area contributed by atoms with Gasteiger partial charge in [0.1, 0.15) is 0 Å². The lowest BCUT2D eigenvalue weighted by atomic mass is 10.1. The summed E-state index contributed by atoms with van der Waals surface area (Å²) >= 11 is 1.23. The summed E-state index contributed by atoms with van der Waals surface area (Å²) in [6.45, 7) is 4.84. The Morgan fingerprint density at radius 1 is 1.71 bits per heavy atom. The Morgan fingerprint density at radius 3 is 3.18 bits per heavy atom. The Labute approximate surface area is 105 Å². The third-order valence-electron chi connectivity index (χ3n) is 3.02. The van der Waals surface area contributed by atoms with Crippen LogP contribution in [-0.4, -0.2) is 46.1 Å². The van der Waals surface area contributed by atoms with Crippen LogP contribution in [0.2, 0.25) is 0 Å². The van der Waals surface area contributed by atoms with Gasteiger partial charge in [0.25, 0.3) is 5.91 Å². The molecule has 0 spiro atoms. The van der Waals surface area contributed by atoms with Crippen molar-refractivity contribution in [2.75, 3.05) is 19.6 Å². The molecule has 1 aromatic heterocycles. The molecule has 1 atom stereocenters. The number of hydrogen-bond donors (Lipinski definition) is 1. The van der Waals surface area contributed by atoms with Crippen LogP contribution in [-0.2, 0) is 0 Å². The molecule has 1 fully saturated rings. The van der Waals surface area contributed by atoms with Gasteiger partial charge in [0.05, 0.1) is 0 Å². The van der Waals surface area contributed by atoms with E-state index in [2.05, 4.69) is 21.8 Å². The highest BCUT2D eigenvalue weighted by Crippen LogP contribution is 2.14. The summed E-state index contributed by atoms with van der Waals surface area (Å²) in [5, 5.41) is 8.94. The minimum Gasteiger partial charge on any atom is -0.333 e. The van der Waals surface area contributed by atoms with Crippen molar-refractivity contribution in [2.24, 2.45) is 0 Å². The molecule has 0 aliphatic carbocycles. The van der Waals surface area contributed by atoms with Crippen LogP contribution in [0.5, 0.6) is 0 Å². The van der Waals surface area contributed by atoms with Gasteiger partial charge in [0.15, 0.2) is 5.69 Å². The lowest BCUT2D eigenvalue weighted by molar-refractivity contribution is 0.0643. The van der Waals surface area contributed by atoms with Gasteiger partial charge in [-0.2, -0.15) is 0 Å². The summed E-state index contributed by atoms with van der Waals surface area (Å²) in [7, 11) is 0. The molecule has 1 unspecified atom stereocenters. The fourth-order valence-electron chi connectivity index (χ4n) is 2.20. The van der Waals surface area contributed by atoms with E-state index in [-0.39, 0.29) is 5.91 Å². The number of carbonyl (C=O) groups is 1. The van der Waals surface area contributed by atoms with Gasteiger partial charge in [-0.3, -0.25) is 4.79 Å². The van der Waals surface area contributed by atoms with Gasteiger partial charge in [-0.05, 0) is 37.3 Å². The zero-order valence-corrected chi connectivity index (χ0v) is 10.9. The maximum atomic E-state index is 12.3. The second-order valence-corrected chi connectivity index (χ2v) is 4.90. The standard InChI is InChI=1S/C11H18N4OS/c1-2-6-15(9-4-3-5-12-7-9)11(16)10-8-17-14-13-10/h8-9,12H,2-7H2,1H3. The van der Waals surface area contributed by atoms with Crippen molar-refractivity contribution >= 4 is 17.4 Å². The molecule has 6 heteroatoms. The lowest BCUT2D eigenvalue weighted by Crippen LogP contribution is -2.49. The smallest absolute Gasteiger partial charge is 0.275 e. The van der Waals surface area contributed by atoms with Crippen molar-refractivity contribution in [3.05, 3.63) is 11.1 Å². The van der Waals surface area contributed by atoms with E-state index < -0.39 is 0 Å². The van der Waals surface area contributed by atoms with Crippen molar-refractivity contribution < 1.29 is 4.79 Å².